The van der Waals surface area contributed by atoms with E-state index in [9.17, 15) is 8.42 Å². The predicted octanol–water partition coefficient (Wildman–Crippen LogP) is 0.382. The monoisotopic (exact) mass is 427 g/mol. The molecule has 1 aromatic rings. The lowest BCUT2D eigenvalue weighted by atomic mass is 10.2. The van der Waals surface area contributed by atoms with Gasteiger partial charge in [0.25, 0.3) is 0 Å². The second-order valence-electron chi connectivity index (χ2n) is 7.11. The Morgan fingerprint density at radius 2 is 1.90 bits per heavy atom. The van der Waals surface area contributed by atoms with Crippen molar-refractivity contribution in [3.8, 4) is 11.5 Å². The van der Waals surface area contributed by atoms with Gasteiger partial charge in [-0.1, -0.05) is 0 Å². The van der Waals surface area contributed by atoms with Gasteiger partial charge in [0.2, 0.25) is 10.0 Å². The summed E-state index contributed by atoms with van der Waals surface area (Å²) in [4.78, 5) is 6.64. The molecule has 0 radical (unpaired) electrons. The van der Waals surface area contributed by atoms with Crippen LogP contribution in [0.2, 0.25) is 0 Å². The first-order valence-electron chi connectivity index (χ1n) is 9.69. The van der Waals surface area contributed by atoms with Crippen molar-refractivity contribution in [2.24, 2.45) is 4.99 Å². The third-order valence-corrected chi connectivity index (χ3v) is 5.39. The fraction of sp³-hybridized carbons (Fsp3) is 0.632. The summed E-state index contributed by atoms with van der Waals surface area (Å²) in [6.07, 6.45) is 2.87. The maximum atomic E-state index is 11.1. The van der Waals surface area contributed by atoms with Crippen LogP contribution in [0.3, 0.4) is 0 Å². The van der Waals surface area contributed by atoms with Gasteiger partial charge < -0.3 is 20.1 Å². The minimum atomic E-state index is -3.13. The van der Waals surface area contributed by atoms with Gasteiger partial charge in [0.05, 0.1) is 20.5 Å². The van der Waals surface area contributed by atoms with E-state index in [0.717, 1.165) is 55.3 Å². The number of ether oxygens (including phenoxy) is 2. The van der Waals surface area contributed by atoms with Crippen molar-refractivity contribution >= 4 is 16.0 Å². The number of sulfonamides is 1. The number of hydrogen-bond acceptors (Lipinski definition) is 6. The molecule has 10 heteroatoms. The average molecular weight is 428 g/mol. The van der Waals surface area contributed by atoms with Crippen LogP contribution in [0, 0.1) is 0 Å². The molecule has 0 saturated carbocycles. The zero-order valence-corrected chi connectivity index (χ0v) is 18.5. The Labute approximate surface area is 173 Å². The molecule has 1 unspecified atom stereocenters. The first kappa shape index (κ1) is 23.2. The van der Waals surface area contributed by atoms with Gasteiger partial charge in [-0.3, -0.25) is 9.89 Å². The summed E-state index contributed by atoms with van der Waals surface area (Å²) < 4.78 is 35.3. The molecular weight excluding hydrogens is 394 g/mol. The molecule has 1 fully saturated rings. The van der Waals surface area contributed by atoms with Crippen LogP contribution in [0.15, 0.2) is 23.2 Å². The molecule has 1 aromatic carbocycles. The highest BCUT2D eigenvalue weighted by molar-refractivity contribution is 7.88. The Morgan fingerprint density at radius 3 is 2.48 bits per heavy atom. The molecule has 0 amide bonds. The number of methoxy groups -OCH3 is 2. The van der Waals surface area contributed by atoms with E-state index in [0.29, 0.717) is 25.6 Å². The van der Waals surface area contributed by atoms with Gasteiger partial charge in [-0.2, -0.15) is 0 Å². The second kappa shape index (κ2) is 11.2. The molecule has 29 heavy (non-hydrogen) atoms. The van der Waals surface area contributed by atoms with Crippen LogP contribution in [-0.2, 0) is 16.6 Å². The molecular formula is C19H33N5O4S. The number of benzene rings is 1. The maximum absolute atomic E-state index is 11.1. The fourth-order valence-electron chi connectivity index (χ4n) is 3.25. The molecule has 164 valence electrons. The standard InChI is InChI=1S/C19H33N5O4S/c1-20-19(21-7-5-8-22-29(4,25)26)23-16-6-9-24(14-16)13-15-10-17(27-2)12-18(11-15)28-3/h10-12,16,22H,5-9,13-14H2,1-4H3,(H2,20,21,23). The van der Waals surface area contributed by atoms with Crippen molar-refractivity contribution < 1.29 is 17.9 Å². The van der Waals surface area contributed by atoms with E-state index in [2.05, 4.69) is 25.2 Å². The van der Waals surface area contributed by atoms with Crippen LogP contribution in [0.5, 0.6) is 11.5 Å². The van der Waals surface area contributed by atoms with E-state index in [1.807, 2.05) is 18.2 Å². The Balaban J connectivity index is 1.77. The highest BCUT2D eigenvalue weighted by Gasteiger charge is 2.23. The Morgan fingerprint density at radius 1 is 1.21 bits per heavy atom. The SMILES string of the molecule is CN=C(NCCCNS(C)(=O)=O)NC1CCN(Cc2cc(OC)cc(OC)c2)C1. The summed E-state index contributed by atoms with van der Waals surface area (Å²) in [5.74, 6) is 2.32. The molecule has 9 nitrogen and oxygen atoms in total. The minimum Gasteiger partial charge on any atom is -0.497 e. The van der Waals surface area contributed by atoms with E-state index in [1.165, 1.54) is 0 Å². The van der Waals surface area contributed by atoms with E-state index >= 15 is 0 Å². The third-order valence-electron chi connectivity index (χ3n) is 4.66. The van der Waals surface area contributed by atoms with Crippen LogP contribution in [0.25, 0.3) is 0 Å². The number of nitrogens with one attached hydrogen (secondary N) is 3. The second-order valence-corrected chi connectivity index (χ2v) is 8.94. The summed E-state index contributed by atoms with van der Waals surface area (Å²) in [5.41, 5.74) is 1.16. The van der Waals surface area contributed by atoms with Crippen LogP contribution in [0.4, 0.5) is 0 Å². The first-order valence-corrected chi connectivity index (χ1v) is 11.6. The van der Waals surface area contributed by atoms with Gasteiger partial charge in [0, 0.05) is 51.9 Å². The first-order chi connectivity index (χ1) is 13.8. The lowest BCUT2D eigenvalue weighted by molar-refractivity contribution is 0.321. The molecule has 1 heterocycles. The molecule has 0 bridgehead atoms. The van der Waals surface area contributed by atoms with Gasteiger partial charge in [-0.15, -0.1) is 0 Å². The lowest BCUT2D eigenvalue weighted by Gasteiger charge is -2.19. The van der Waals surface area contributed by atoms with Crippen molar-refractivity contribution in [3.63, 3.8) is 0 Å². The van der Waals surface area contributed by atoms with Crippen LogP contribution in [-0.4, -0.2) is 79.0 Å². The van der Waals surface area contributed by atoms with Gasteiger partial charge in [-0.05, 0) is 30.5 Å². The fourth-order valence-corrected chi connectivity index (χ4v) is 3.77. The van der Waals surface area contributed by atoms with Crippen LogP contribution < -0.4 is 24.8 Å². The third kappa shape index (κ3) is 8.46. The normalized spacial score (nSPS) is 17.9. The van der Waals surface area contributed by atoms with Crippen molar-refractivity contribution in [2.75, 3.05) is 53.7 Å². The zero-order chi connectivity index (χ0) is 21.3. The van der Waals surface area contributed by atoms with E-state index < -0.39 is 10.0 Å². The zero-order valence-electron chi connectivity index (χ0n) is 17.7. The van der Waals surface area contributed by atoms with Crippen molar-refractivity contribution in [2.45, 2.75) is 25.4 Å². The summed E-state index contributed by atoms with van der Waals surface area (Å²) >= 11 is 0. The van der Waals surface area contributed by atoms with Gasteiger partial charge >= 0.3 is 0 Å². The Bertz CT molecular complexity index is 763. The molecule has 1 saturated heterocycles. The molecule has 0 aromatic heterocycles. The minimum absolute atomic E-state index is 0.308. The number of hydrogen-bond donors (Lipinski definition) is 3. The highest BCUT2D eigenvalue weighted by Crippen LogP contribution is 2.24. The molecule has 1 aliphatic rings. The lowest BCUT2D eigenvalue weighted by Crippen LogP contribution is -2.45. The number of rotatable bonds is 10. The number of guanidine groups is 1. The molecule has 0 spiro atoms. The molecule has 3 N–H and O–H groups in total. The molecule has 1 atom stereocenters. The van der Waals surface area contributed by atoms with Crippen LogP contribution >= 0.6 is 0 Å². The van der Waals surface area contributed by atoms with Gasteiger partial charge in [-0.25, -0.2) is 13.1 Å². The molecule has 2 rings (SSSR count). The van der Waals surface area contributed by atoms with Crippen molar-refractivity contribution in [1.29, 1.82) is 0 Å². The van der Waals surface area contributed by atoms with Crippen LogP contribution in [0.1, 0.15) is 18.4 Å². The van der Waals surface area contributed by atoms with E-state index in [4.69, 9.17) is 9.47 Å². The molecule has 0 aliphatic carbocycles. The summed E-state index contributed by atoms with van der Waals surface area (Å²) in [5, 5.41) is 6.67. The summed E-state index contributed by atoms with van der Waals surface area (Å²) in [6, 6.07) is 6.25. The topological polar surface area (TPSA) is 104 Å². The number of likely N-dealkylation sites (tertiary alicyclic amines) is 1. The highest BCUT2D eigenvalue weighted by atomic mass is 32.2. The summed E-state index contributed by atoms with van der Waals surface area (Å²) in [6.45, 7) is 3.78. The number of nitrogens with zero attached hydrogens (tertiary/aromatic N) is 2. The quantitative estimate of drug-likeness (QED) is 0.282. The number of aliphatic imine (C=N–C) groups is 1. The largest absolute Gasteiger partial charge is 0.497 e. The van der Waals surface area contributed by atoms with Gasteiger partial charge in [0.15, 0.2) is 5.96 Å². The van der Waals surface area contributed by atoms with E-state index in [-0.39, 0.29) is 0 Å². The Hall–Kier alpha value is -2.04. The Kier molecular flexibility index (Phi) is 8.99. The van der Waals surface area contributed by atoms with Gasteiger partial charge in [0.1, 0.15) is 11.5 Å². The summed E-state index contributed by atoms with van der Waals surface area (Å²) in [7, 11) is 1.91. The van der Waals surface area contributed by atoms with Crippen molar-refractivity contribution in [1.82, 2.24) is 20.3 Å². The maximum Gasteiger partial charge on any atom is 0.208 e. The van der Waals surface area contributed by atoms with Crippen molar-refractivity contribution in [3.05, 3.63) is 23.8 Å². The molecule has 1 aliphatic heterocycles. The smallest absolute Gasteiger partial charge is 0.208 e. The predicted molar refractivity (Wildman–Crippen MR) is 115 cm³/mol. The average Bonchev–Trinajstić information content (AvgIpc) is 3.12. The van der Waals surface area contributed by atoms with E-state index in [1.54, 1.807) is 21.3 Å².